The standard InChI is InChI=1S/C22H23BN4O/c1-16-10-11-18-19-14-23(4)27(15-20(19)28-21(18)24-16)26-13-12-25(22(26,2)3)17-8-6-5-7-9-17/h5-15H,1-4H3. The number of furan rings is 1. The van der Waals surface area contributed by atoms with Crippen LogP contribution in [0.3, 0.4) is 0 Å². The van der Waals surface area contributed by atoms with Gasteiger partial charge in [-0.05, 0) is 45.0 Å². The zero-order chi connectivity index (χ0) is 19.5. The summed E-state index contributed by atoms with van der Waals surface area (Å²) in [5.41, 5.74) is 3.44. The Balaban J connectivity index is 1.57. The highest BCUT2D eigenvalue weighted by Crippen LogP contribution is 2.34. The monoisotopic (exact) mass is 370 g/mol. The lowest BCUT2D eigenvalue weighted by Crippen LogP contribution is -2.58. The van der Waals surface area contributed by atoms with Crippen LogP contribution in [-0.2, 0) is 0 Å². The van der Waals surface area contributed by atoms with Crippen molar-refractivity contribution in [2.45, 2.75) is 33.3 Å². The summed E-state index contributed by atoms with van der Waals surface area (Å²) < 4.78 is 6.09. The van der Waals surface area contributed by atoms with Gasteiger partial charge in [0.25, 0.3) is 0 Å². The highest BCUT2D eigenvalue weighted by atomic mass is 16.3. The second kappa shape index (κ2) is 5.93. The Hall–Kier alpha value is -3.15. The van der Waals surface area contributed by atoms with Crippen molar-refractivity contribution in [3.05, 3.63) is 71.2 Å². The van der Waals surface area contributed by atoms with Crippen molar-refractivity contribution in [3.8, 4) is 0 Å². The zero-order valence-electron chi connectivity index (χ0n) is 16.6. The van der Waals surface area contributed by atoms with Gasteiger partial charge in [-0.1, -0.05) is 31.0 Å². The number of hydrazine groups is 1. The van der Waals surface area contributed by atoms with Crippen LogP contribution in [0, 0.1) is 6.92 Å². The van der Waals surface area contributed by atoms with Crippen LogP contribution >= 0.6 is 0 Å². The molecule has 6 heteroatoms. The number of hydrogen-bond acceptors (Lipinski definition) is 5. The Bertz CT molecular complexity index is 1200. The first kappa shape index (κ1) is 17.0. The first-order valence-electron chi connectivity index (χ1n) is 9.65. The first-order chi connectivity index (χ1) is 13.4. The van der Waals surface area contributed by atoms with E-state index in [-0.39, 0.29) is 12.5 Å². The van der Waals surface area contributed by atoms with E-state index < -0.39 is 0 Å². The first-order valence-corrected chi connectivity index (χ1v) is 9.65. The van der Waals surface area contributed by atoms with E-state index in [0.717, 1.165) is 21.7 Å². The lowest BCUT2D eigenvalue weighted by molar-refractivity contribution is 0.0795. The van der Waals surface area contributed by atoms with Crippen LogP contribution in [0.15, 0.2) is 59.3 Å². The Morgan fingerprint density at radius 3 is 2.61 bits per heavy atom. The van der Waals surface area contributed by atoms with Crippen molar-refractivity contribution in [2.24, 2.45) is 0 Å². The average Bonchev–Trinajstić information content (AvgIpc) is 3.17. The Labute approximate surface area is 164 Å². The number of pyridine rings is 1. The summed E-state index contributed by atoms with van der Waals surface area (Å²) >= 11 is 0. The van der Waals surface area contributed by atoms with Gasteiger partial charge in [-0.25, -0.2) is 4.98 Å². The van der Waals surface area contributed by atoms with Crippen LogP contribution in [0.25, 0.3) is 23.3 Å². The molecule has 0 radical (unpaired) electrons. The predicted molar refractivity (Wildman–Crippen MR) is 114 cm³/mol. The molecule has 5 nitrogen and oxygen atoms in total. The smallest absolute Gasteiger partial charge is 0.304 e. The van der Waals surface area contributed by atoms with Gasteiger partial charge in [0.2, 0.25) is 5.71 Å². The number of aromatic nitrogens is 1. The number of aryl methyl sites for hydroxylation is 1. The number of para-hydroxylation sites is 1. The minimum atomic E-state index is -0.252. The molecule has 0 N–H and O–H groups in total. The highest BCUT2D eigenvalue weighted by Gasteiger charge is 2.40. The van der Waals surface area contributed by atoms with E-state index in [2.05, 4.69) is 95.4 Å². The van der Waals surface area contributed by atoms with Crippen LogP contribution in [0.4, 0.5) is 5.69 Å². The summed E-state index contributed by atoms with van der Waals surface area (Å²) in [5, 5.41) is 4.47. The second-order valence-electron chi connectivity index (χ2n) is 7.94. The number of nitrogens with zero attached hydrogens (tertiary/aromatic N) is 4. The molecule has 0 bridgehead atoms. The molecular weight excluding hydrogens is 347 g/mol. The molecule has 0 amide bonds. The van der Waals surface area contributed by atoms with Crippen molar-refractivity contribution in [2.75, 3.05) is 4.90 Å². The lowest BCUT2D eigenvalue weighted by Gasteiger charge is -2.46. The minimum absolute atomic E-state index is 0.189. The number of fused-ring (bicyclic) bond motifs is 3. The second-order valence-corrected chi connectivity index (χ2v) is 7.94. The van der Waals surface area contributed by atoms with Crippen LogP contribution in [0.2, 0.25) is 6.82 Å². The molecule has 0 aliphatic carbocycles. The van der Waals surface area contributed by atoms with E-state index >= 15 is 0 Å². The van der Waals surface area contributed by atoms with Gasteiger partial charge in [0, 0.05) is 34.4 Å². The summed E-state index contributed by atoms with van der Waals surface area (Å²) in [7, 11) is 0. The summed E-state index contributed by atoms with van der Waals surface area (Å²) in [5.74, 6) is 2.26. The lowest BCUT2D eigenvalue weighted by atomic mass is 9.63. The van der Waals surface area contributed by atoms with E-state index in [1.807, 2.05) is 19.1 Å². The fourth-order valence-electron chi connectivity index (χ4n) is 4.14. The number of rotatable bonds is 2. The number of anilines is 1. The van der Waals surface area contributed by atoms with Gasteiger partial charge >= 0.3 is 6.85 Å². The summed E-state index contributed by atoms with van der Waals surface area (Å²) in [6, 6.07) is 14.6. The molecule has 4 heterocycles. The Kier molecular flexibility index (Phi) is 3.60. The molecule has 0 spiro atoms. The van der Waals surface area contributed by atoms with Gasteiger partial charge in [-0.15, -0.1) is 0 Å². The SMILES string of the molecule is CB1C=c2c(oc3nc(C)ccc23)=CN1N1C=CN(c2ccccc2)C1(C)C. The molecule has 0 saturated heterocycles. The normalized spacial score (nSPS) is 17.7. The number of benzene rings is 1. The molecule has 2 aliphatic heterocycles. The predicted octanol–water partition coefficient (Wildman–Crippen LogP) is 3.08. The molecule has 0 atom stereocenters. The molecule has 2 aromatic heterocycles. The summed E-state index contributed by atoms with van der Waals surface area (Å²) in [6.45, 7) is 8.82. The van der Waals surface area contributed by atoms with E-state index in [4.69, 9.17) is 4.42 Å². The topological polar surface area (TPSA) is 35.8 Å². The Morgan fingerprint density at radius 1 is 1.04 bits per heavy atom. The van der Waals surface area contributed by atoms with Crippen LogP contribution in [-0.4, -0.2) is 27.4 Å². The molecule has 140 valence electrons. The van der Waals surface area contributed by atoms with Crippen molar-refractivity contribution >= 4 is 35.8 Å². The molecular formula is C22H23BN4O. The molecule has 28 heavy (non-hydrogen) atoms. The van der Waals surface area contributed by atoms with Crippen molar-refractivity contribution in [1.82, 2.24) is 14.9 Å². The largest absolute Gasteiger partial charge is 0.436 e. The van der Waals surface area contributed by atoms with Gasteiger partial charge in [0.05, 0.1) is 6.20 Å². The maximum Gasteiger partial charge on any atom is 0.304 e. The maximum atomic E-state index is 6.09. The third-order valence-electron chi connectivity index (χ3n) is 5.63. The van der Waals surface area contributed by atoms with Crippen molar-refractivity contribution in [3.63, 3.8) is 0 Å². The minimum Gasteiger partial charge on any atom is -0.436 e. The van der Waals surface area contributed by atoms with Gasteiger partial charge in [-0.3, -0.25) is 5.01 Å². The molecule has 3 aromatic rings. The third-order valence-corrected chi connectivity index (χ3v) is 5.63. The van der Waals surface area contributed by atoms with E-state index in [1.54, 1.807) is 0 Å². The fraction of sp³-hybridized carbons (Fsp3) is 0.227. The molecule has 0 fully saturated rings. The summed E-state index contributed by atoms with van der Waals surface area (Å²) in [4.78, 5) is 9.07. The van der Waals surface area contributed by atoms with Crippen LogP contribution in [0.5, 0.6) is 0 Å². The van der Waals surface area contributed by atoms with Gasteiger partial charge in [0.1, 0.15) is 5.66 Å². The van der Waals surface area contributed by atoms with Crippen molar-refractivity contribution in [1.29, 1.82) is 0 Å². The van der Waals surface area contributed by atoms with Crippen LogP contribution in [0.1, 0.15) is 19.5 Å². The fourth-order valence-corrected chi connectivity index (χ4v) is 4.14. The molecule has 1 aromatic carbocycles. The third kappa shape index (κ3) is 2.44. The van der Waals surface area contributed by atoms with E-state index in [0.29, 0.717) is 5.71 Å². The molecule has 0 unspecified atom stereocenters. The number of hydrogen-bond donors (Lipinski definition) is 0. The van der Waals surface area contributed by atoms with Gasteiger partial charge in [-0.2, -0.15) is 0 Å². The van der Waals surface area contributed by atoms with Gasteiger partial charge in [0.15, 0.2) is 5.42 Å². The molecule has 5 rings (SSSR count). The maximum absolute atomic E-state index is 6.09. The Morgan fingerprint density at radius 2 is 1.82 bits per heavy atom. The van der Waals surface area contributed by atoms with Crippen molar-refractivity contribution < 1.29 is 4.42 Å². The zero-order valence-corrected chi connectivity index (χ0v) is 16.6. The molecule has 0 saturated carbocycles. The van der Waals surface area contributed by atoms with Crippen LogP contribution < -0.4 is 15.5 Å². The van der Waals surface area contributed by atoms with E-state index in [9.17, 15) is 0 Å². The summed E-state index contributed by atoms with van der Waals surface area (Å²) in [6.07, 6.45) is 6.36. The average molecular weight is 370 g/mol. The highest BCUT2D eigenvalue weighted by molar-refractivity contribution is 6.70. The quantitative estimate of drug-likeness (QED) is 0.648. The molecule has 2 aliphatic rings. The van der Waals surface area contributed by atoms with E-state index in [1.165, 1.54) is 5.69 Å². The van der Waals surface area contributed by atoms with Gasteiger partial charge < -0.3 is 14.2 Å².